The third-order valence-electron chi connectivity index (χ3n) is 1.99. The molecule has 1 N–H and O–H groups in total. The first-order valence-electron chi connectivity index (χ1n) is 4.40. The second-order valence-corrected chi connectivity index (χ2v) is 5.71. The van der Waals surface area contributed by atoms with Gasteiger partial charge in [0.2, 0.25) is 0 Å². The summed E-state index contributed by atoms with van der Waals surface area (Å²) >= 11 is 3.30. The SMILES string of the molecule is CC(C)C(C)SC(=N)c1cccs1. The number of hydrogen-bond acceptors (Lipinski definition) is 3. The summed E-state index contributed by atoms with van der Waals surface area (Å²) in [4.78, 5) is 1.08. The molecule has 0 aromatic carbocycles. The van der Waals surface area contributed by atoms with Crippen molar-refractivity contribution in [1.29, 1.82) is 5.41 Å². The van der Waals surface area contributed by atoms with Crippen LogP contribution in [0.5, 0.6) is 0 Å². The lowest BCUT2D eigenvalue weighted by Gasteiger charge is -2.14. The Labute approximate surface area is 88.1 Å². The maximum Gasteiger partial charge on any atom is 0.105 e. The Bertz CT molecular complexity index is 264. The predicted molar refractivity (Wildman–Crippen MR) is 63.0 cm³/mol. The average Bonchev–Trinajstić information content (AvgIpc) is 2.55. The first-order chi connectivity index (χ1) is 6.11. The van der Waals surface area contributed by atoms with Gasteiger partial charge in [0.1, 0.15) is 5.04 Å². The quantitative estimate of drug-likeness (QED) is 0.598. The molecule has 0 fully saturated rings. The topological polar surface area (TPSA) is 23.9 Å². The highest BCUT2D eigenvalue weighted by Gasteiger charge is 2.12. The van der Waals surface area contributed by atoms with Crippen LogP contribution in [0.15, 0.2) is 17.5 Å². The third-order valence-corrected chi connectivity index (χ3v) is 4.38. The van der Waals surface area contributed by atoms with Crippen molar-refractivity contribution in [3.63, 3.8) is 0 Å². The van der Waals surface area contributed by atoms with Crippen molar-refractivity contribution < 1.29 is 0 Å². The summed E-state index contributed by atoms with van der Waals surface area (Å²) in [5.41, 5.74) is 0. The molecule has 1 nitrogen and oxygen atoms in total. The van der Waals surface area contributed by atoms with Crippen LogP contribution in [-0.2, 0) is 0 Å². The van der Waals surface area contributed by atoms with Gasteiger partial charge in [-0.1, -0.05) is 26.8 Å². The maximum atomic E-state index is 7.84. The Morgan fingerprint density at radius 2 is 2.15 bits per heavy atom. The first kappa shape index (κ1) is 10.8. The average molecular weight is 213 g/mol. The van der Waals surface area contributed by atoms with E-state index in [0.717, 1.165) is 4.88 Å². The summed E-state index contributed by atoms with van der Waals surface area (Å²) in [6.45, 7) is 6.57. The highest BCUT2D eigenvalue weighted by molar-refractivity contribution is 8.15. The second-order valence-electron chi connectivity index (χ2n) is 3.37. The standard InChI is InChI=1S/C10H15NS2/c1-7(2)8(3)13-10(11)9-5-4-6-12-9/h4-8,11H,1-3H3. The number of thioether (sulfide) groups is 1. The molecule has 1 rings (SSSR count). The van der Waals surface area contributed by atoms with Gasteiger partial charge in [0.25, 0.3) is 0 Å². The van der Waals surface area contributed by atoms with E-state index in [-0.39, 0.29) is 0 Å². The molecule has 1 aromatic heterocycles. The Morgan fingerprint density at radius 1 is 1.46 bits per heavy atom. The number of rotatable bonds is 3. The molecule has 0 amide bonds. The molecular weight excluding hydrogens is 198 g/mol. The van der Waals surface area contributed by atoms with Gasteiger partial charge in [-0.05, 0) is 17.4 Å². The lowest BCUT2D eigenvalue weighted by Crippen LogP contribution is -2.08. The summed E-state index contributed by atoms with van der Waals surface area (Å²) in [7, 11) is 0. The van der Waals surface area contributed by atoms with Crippen molar-refractivity contribution in [1.82, 2.24) is 0 Å². The largest absolute Gasteiger partial charge is 0.293 e. The van der Waals surface area contributed by atoms with Gasteiger partial charge in [-0.25, -0.2) is 0 Å². The highest BCUT2D eigenvalue weighted by Crippen LogP contribution is 2.24. The fraction of sp³-hybridized carbons (Fsp3) is 0.500. The van der Waals surface area contributed by atoms with E-state index in [2.05, 4.69) is 20.8 Å². The number of hydrogen-bond donors (Lipinski definition) is 1. The van der Waals surface area contributed by atoms with Gasteiger partial charge in [0.15, 0.2) is 0 Å². The highest BCUT2D eigenvalue weighted by atomic mass is 32.2. The zero-order valence-electron chi connectivity index (χ0n) is 8.20. The Kier molecular flexibility index (Phi) is 4.00. The van der Waals surface area contributed by atoms with Gasteiger partial charge in [0, 0.05) is 5.25 Å². The summed E-state index contributed by atoms with van der Waals surface area (Å²) in [5, 5.41) is 11.1. The summed E-state index contributed by atoms with van der Waals surface area (Å²) < 4.78 is 0. The van der Waals surface area contributed by atoms with Crippen LogP contribution >= 0.6 is 23.1 Å². The maximum absolute atomic E-state index is 7.84. The molecular formula is C10H15NS2. The van der Waals surface area contributed by atoms with Crippen LogP contribution in [0.3, 0.4) is 0 Å². The van der Waals surface area contributed by atoms with Crippen LogP contribution in [0.4, 0.5) is 0 Å². The van der Waals surface area contributed by atoms with Gasteiger partial charge < -0.3 is 0 Å². The van der Waals surface area contributed by atoms with E-state index in [1.165, 1.54) is 0 Å². The van der Waals surface area contributed by atoms with Crippen LogP contribution in [0.1, 0.15) is 25.6 Å². The van der Waals surface area contributed by atoms with Crippen molar-refractivity contribution in [3.8, 4) is 0 Å². The van der Waals surface area contributed by atoms with Gasteiger partial charge in [-0.15, -0.1) is 23.1 Å². The van der Waals surface area contributed by atoms with Gasteiger partial charge in [0.05, 0.1) is 4.88 Å². The van der Waals surface area contributed by atoms with Crippen molar-refractivity contribution in [3.05, 3.63) is 22.4 Å². The lowest BCUT2D eigenvalue weighted by molar-refractivity contribution is 0.644. The third kappa shape index (κ3) is 3.16. The Morgan fingerprint density at radius 3 is 2.62 bits per heavy atom. The molecule has 1 heterocycles. The molecule has 0 bridgehead atoms. The number of nitrogens with one attached hydrogen (secondary N) is 1. The fourth-order valence-electron chi connectivity index (χ4n) is 0.788. The lowest BCUT2D eigenvalue weighted by atomic mass is 10.2. The van der Waals surface area contributed by atoms with Gasteiger partial charge in [-0.2, -0.15) is 0 Å². The van der Waals surface area contributed by atoms with Crippen LogP contribution < -0.4 is 0 Å². The molecule has 0 aliphatic heterocycles. The van der Waals surface area contributed by atoms with Crippen LogP contribution in [0.25, 0.3) is 0 Å². The zero-order valence-corrected chi connectivity index (χ0v) is 9.84. The van der Waals surface area contributed by atoms with E-state index >= 15 is 0 Å². The molecule has 3 heteroatoms. The molecule has 0 aliphatic rings. The molecule has 0 spiro atoms. The minimum atomic E-state index is 0.523. The van der Waals surface area contributed by atoms with Gasteiger partial charge in [-0.3, -0.25) is 5.41 Å². The molecule has 0 saturated heterocycles. The summed E-state index contributed by atoms with van der Waals surface area (Å²) in [6.07, 6.45) is 0. The minimum absolute atomic E-state index is 0.523. The summed E-state index contributed by atoms with van der Waals surface area (Å²) in [5.74, 6) is 0.630. The van der Waals surface area contributed by atoms with Gasteiger partial charge >= 0.3 is 0 Å². The molecule has 0 aliphatic carbocycles. The first-order valence-corrected chi connectivity index (χ1v) is 6.16. The van der Waals surface area contributed by atoms with Crippen LogP contribution in [0, 0.1) is 11.3 Å². The Balaban J connectivity index is 2.52. The normalized spacial score (nSPS) is 13.2. The predicted octanol–water partition coefficient (Wildman–Crippen LogP) is 3.85. The smallest absolute Gasteiger partial charge is 0.105 e. The Hall–Kier alpha value is -0.280. The van der Waals surface area contributed by atoms with Crippen molar-refractivity contribution in [2.75, 3.05) is 0 Å². The molecule has 13 heavy (non-hydrogen) atoms. The monoisotopic (exact) mass is 213 g/mol. The van der Waals surface area contributed by atoms with Crippen molar-refractivity contribution >= 4 is 28.1 Å². The molecule has 0 radical (unpaired) electrons. The van der Waals surface area contributed by atoms with Crippen molar-refractivity contribution in [2.45, 2.75) is 26.0 Å². The molecule has 1 unspecified atom stereocenters. The molecule has 1 aromatic rings. The fourth-order valence-corrected chi connectivity index (χ4v) is 2.47. The van der Waals surface area contributed by atoms with Crippen LogP contribution in [-0.4, -0.2) is 10.3 Å². The molecule has 72 valence electrons. The van der Waals surface area contributed by atoms with E-state index in [1.807, 2.05) is 17.5 Å². The van der Waals surface area contributed by atoms with Crippen molar-refractivity contribution in [2.24, 2.45) is 5.92 Å². The van der Waals surface area contributed by atoms with E-state index in [0.29, 0.717) is 16.2 Å². The van der Waals surface area contributed by atoms with E-state index in [1.54, 1.807) is 23.1 Å². The molecule has 0 saturated carbocycles. The minimum Gasteiger partial charge on any atom is -0.293 e. The van der Waals surface area contributed by atoms with E-state index in [9.17, 15) is 0 Å². The summed E-state index contributed by atoms with van der Waals surface area (Å²) in [6, 6.07) is 4.00. The molecule has 1 atom stereocenters. The van der Waals surface area contributed by atoms with Crippen LogP contribution in [0.2, 0.25) is 0 Å². The number of thiophene rings is 1. The van der Waals surface area contributed by atoms with E-state index in [4.69, 9.17) is 5.41 Å². The second kappa shape index (κ2) is 4.82. The van der Waals surface area contributed by atoms with E-state index < -0.39 is 0 Å². The zero-order chi connectivity index (χ0) is 9.84.